The van der Waals surface area contributed by atoms with Gasteiger partial charge in [0.05, 0.1) is 37.1 Å². The van der Waals surface area contributed by atoms with E-state index in [1.807, 2.05) is 40.7 Å². The van der Waals surface area contributed by atoms with Gasteiger partial charge in [0.2, 0.25) is 5.76 Å². The highest BCUT2D eigenvalue weighted by Crippen LogP contribution is 2.31. The first-order valence-corrected chi connectivity index (χ1v) is 13.6. The van der Waals surface area contributed by atoms with Crippen LogP contribution >= 0.6 is 11.6 Å². The van der Waals surface area contributed by atoms with Crippen LogP contribution in [0.2, 0.25) is 5.02 Å². The van der Waals surface area contributed by atoms with Gasteiger partial charge < -0.3 is 19.9 Å². The van der Waals surface area contributed by atoms with Crippen LogP contribution in [0.25, 0.3) is 0 Å². The Labute approximate surface area is 213 Å². The van der Waals surface area contributed by atoms with Crippen molar-refractivity contribution in [3.05, 3.63) is 70.6 Å². The Morgan fingerprint density at radius 1 is 1.11 bits per heavy atom. The molecule has 2 aromatic carbocycles. The van der Waals surface area contributed by atoms with E-state index in [2.05, 4.69) is 10.3 Å². The Balaban J connectivity index is 1.28. The van der Waals surface area contributed by atoms with Crippen molar-refractivity contribution < 1.29 is 14.1 Å². The van der Waals surface area contributed by atoms with E-state index >= 15 is 0 Å². The van der Waals surface area contributed by atoms with Gasteiger partial charge in [-0.15, -0.1) is 4.31 Å². The summed E-state index contributed by atoms with van der Waals surface area (Å²) in [5.74, 6) is 0.633. The lowest BCUT2D eigenvalue weighted by molar-refractivity contribution is -0.122. The van der Waals surface area contributed by atoms with Crippen molar-refractivity contribution in [2.75, 3.05) is 43.5 Å². The summed E-state index contributed by atoms with van der Waals surface area (Å²) in [4.78, 5) is 15.7. The topological polar surface area (TPSA) is 97.1 Å². The number of benzene rings is 2. The number of hydrogen-bond acceptors (Lipinski definition) is 7. The maximum atomic E-state index is 13.5. The number of hydrogen-bond donors (Lipinski definition) is 2. The Morgan fingerprint density at radius 3 is 2.57 bits per heavy atom. The zero-order valence-electron chi connectivity index (χ0n) is 19.5. The number of amides is 1. The molecular formula is C25H30ClN5O3S. The van der Waals surface area contributed by atoms with Crippen molar-refractivity contribution in [1.82, 2.24) is 14.6 Å². The quantitative estimate of drug-likeness (QED) is 0.432. The van der Waals surface area contributed by atoms with Gasteiger partial charge in [-0.1, -0.05) is 29.8 Å². The van der Waals surface area contributed by atoms with Crippen molar-refractivity contribution >= 4 is 40.2 Å². The van der Waals surface area contributed by atoms with E-state index in [0.717, 1.165) is 30.5 Å². The lowest BCUT2D eigenvalue weighted by Crippen LogP contribution is -2.55. The highest BCUT2D eigenvalue weighted by molar-refractivity contribution is 7.88. The summed E-state index contributed by atoms with van der Waals surface area (Å²) in [6.07, 6.45) is 3.13. The molecule has 1 saturated carbocycles. The van der Waals surface area contributed by atoms with Gasteiger partial charge in [0.1, 0.15) is 0 Å². The SMILES string of the molecule is Nc1cccc(C[S@@+]([O-])N2CCN(C3=C(OC4CCC4)C(=O)N(c4cccc(Cl)c4)NC3)CC2)c1. The predicted octanol–water partition coefficient (Wildman–Crippen LogP) is 3.04. The van der Waals surface area contributed by atoms with Crippen molar-refractivity contribution in [3.63, 3.8) is 0 Å². The molecule has 186 valence electrons. The molecule has 10 heteroatoms. The minimum Gasteiger partial charge on any atom is -0.598 e. The number of nitrogen functional groups attached to an aromatic ring is 1. The minimum atomic E-state index is -1.14. The van der Waals surface area contributed by atoms with Crippen LogP contribution in [0.15, 0.2) is 60.0 Å². The Morgan fingerprint density at radius 2 is 1.89 bits per heavy atom. The van der Waals surface area contributed by atoms with Gasteiger partial charge in [-0.3, -0.25) is 4.79 Å². The molecule has 5 rings (SSSR count). The molecule has 1 atom stereocenters. The molecule has 1 saturated heterocycles. The van der Waals surface area contributed by atoms with E-state index in [-0.39, 0.29) is 12.0 Å². The summed E-state index contributed by atoms with van der Waals surface area (Å²) >= 11 is 5.02. The number of anilines is 2. The number of ether oxygens (including phenoxy) is 1. The maximum Gasteiger partial charge on any atom is 0.309 e. The molecular weight excluding hydrogens is 486 g/mol. The average Bonchev–Trinajstić information content (AvgIpc) is 2.82. The lowest BCUT2D eigenvalue weighted by Gasteiger charge is -2.41. The third kappa shape index (κ3) is 5.54. The molecule has 0 unspecified atom stereocenters. The fourth-order valence-corrected chi connectivity index (χ4v) is 5.86. The summed E-state index contributed by atoms with van der Waals surface area (Å²) in [5.41, 5.74) is 12.3. The second-order valence-electron chi connectivity index (χ2n) is 9.03. The largest absolute Gasteiger partial charge is 0.598 e. The summed E-state index contributed by atoms with van der Waals surface area (Å²) in [7, 11) is 0. The number of rotatable bonds is 7. The summed E-state index contributed by atoms with van der Waals surface area (Å²) < 4.78 is 21.2. The standard InChI is InChI=1S/C25H30ClN5O3S/c26-19-5-2-7-21(15-19)31-25(32)24(34-22-8-3-9-22)23(16-28-31)29-10-12-30(13-11-29)35(33)17-18-4-1-6-20(27)14-18/h1-2,4-7,14-15,22,28H,3,8-13,16-17,27H2/t35-/m1/s1. The highest BCUT2D eigenvalue weighted by atomic mass is 35.5. The van der Waals surface area contributed by atoms with E-state index in [0.29, 0.717) is 60.6 Å². The van der Waals surface area contributed by atoms with Gasteiger partial charge in [0.25, 0.3) is 0 Å². The molecule has 0 radical (unpaired) electrons. The maximum absolute atomic E-state index is 13.5. The fraction of sp³-hybridized carbons (Fsp3) is 0.400. The second kappa shape index (κ2) is 10.7. The molecule has 1 aliphatic carbocycles. The van der Waals surface area contributed by atoms with Crippen LogP contribution in [0.3, 0.4) is 0 Å². The monoisotopic (exact) mass is 515 g/mol. The van der Waals surface area contributed by atoms with Crippen LogP contribution in [0, 0.1) is 0 Å². The van der Waals surface area contributed by atoms with Crippen LogP contribution in [0.5, 0.6) is 0 Å². The number of piperazine rings is 1. The van der Waals surface area contributed by atoms with Gasteiger partial charge in [0, 0.05) is 40.7 Å². The Hall–Kier alpha value is -2.43. The summed E-state index contributed by atoms with van der Waals surface area (Å²) in [5, 5.41) is 2.08. The Bertz CT molecular complexity index is 1100. The molecule has 1 amide bonds. The molecule has 35 heavy (non-hydrogen) atoms. The van der Waals surface area contributed by atoms with Gasteiger partial charge in [-0.2, -0.15) is 0 Å². The normalized spacial score (nSPS) is 20.7. The van der Waals surface area contributed by atoms with Crippen molar-refractivity contribution in [3.8, 4) is 0 Å². The van der Waals surface area contributed by atoms with Crippen LogP contribution in [-0.4, -0.2) is 58.5 Å². The van der Waals surface area contributed by atoms with Crippen LogP contribution < -0.4 is 16.2 Å². The number of carbonyl (C=O) groups excluding carboxylic acids is 1. The molecule has 2 heterocycles. The summed E-state index contributed by atoms with van der Waals surface area (Å²) in [6, 6.07) is 14.7. The number of nitrogens with two attached hydrogens (primary N) is 1. The zero-order chi connectivity index (χ0) is 24.4. The molecule has 2 fully saturated rings. The Kier molecular flexibility index (Phi) is 7.40. The minimum absolute atomic E-state index is 0.0790. The lowest BCUT2D eigenvalue weighted by atomic mass is 9.96. The zero-order valence-corrected chi connectivity index (χ0v) is 21.1. The van der Waals surface area contributed by atoms with Gasteiger partial charge in [-0.05, 0) is 49.6 Å². The molecule has 2 aliphatic heterocycles. The number of carbonyl (C=O) groups is 1. The first-order valence-electron chi connectivity index (χ1n) is 11.9. The van der Waals surface area contributed by atoms with Crippen LogP contribution in [0.1, 0.15) is 24.8 Å². The third-order valence-electron chi connectivity index (χ3n) is 6.62. The van der Waals surface area contributed by atoms with Gasteiger partial charge in [-0.25, -0.2) is 10.4 Å². The van der Waals surface area contributed by atoms with E-state index in [4.69, 9.17) is 22.1 Å². The molecule has 3 aliphatic rings. The number of nitrogens with zero attached hydrogens (tertiary/aromatic N) is 3. The fourth-order valence-electron chi connectivity index (χ4n) is 4.46. The smallest absolute Gasteiger partial charge is 0.309 e. The van der Waals surface area contributed by atoms with Crippen LogP contribution in [0.4, 0.5) is 11.4 Å². The van der Waals surface area contributed by atoms with Crippen molar-refractivity contribution in [2.45, 2.75) is 31.1 Å². The van der Waals surface area contributed by atoms with E-state index in [1.54, 1.807) is 12.1 Å². The molecule has 0 aromatic heterocycles. The number of hydrazine groups is 1. The molecule has 3 N–H and O–H groups in total. The van der Waals surface area contributed by atoms with Crippen LogP contribution in [-0.2, 0) is 26.6 Å². The summed E-state index contributed by atoms with van der Waals surface area (Å²) in [6.45, 7) is 3.08. The predicted molar refractivity (Wildman–Crippen MR) is 139 cm³/mol. The highest BCUT2D eigenvalue weighted by Gasteiger charge is 2.37. The van der Waals surface area contributed by atoms with E-state index in [9.17, 15) is 9.35 Å². The first kappa shape index (κ1) is 24.3. The molecule has 0 spiro atoms. The van der Waals surface area contributed by atoms with Crippen molar-refractivity contribution in [2.24, 2.45) is 0 Å². The number of halogens is 1. The van der Waals surface area contributed by atoms with Gasteiger partial charge in [0.15, 0.2) is 5.75 Å². The molecule has 0 bridgehead atoms. The molecule has 2 aromatic rings. The van der Waals surface area contributed by atoms with E-state index < -0.39 is 11.4 Å². The average molecular weight is 516 g/mol. The molecule has 8 nitrogen and oxygen atoms in total. The van der Waals surface area contributed by atoms with E-state index in [1.165, 1.54) is 5.01 Å². The third-order valence-corrected chi connectivity index (χ3v) is 8.37. The first-order chi connectivity index (χ1) is 17.0. The second-order valence-corrected chi connectivity index (χ2v) is 10.9. The number of nitrogens with one attached hydrogen (secondary N) is 1. The van der Waals surface area contributed by atoms with Gasteiger partial charge >= 0.3 is 5.91 Å². The van der Waals surface area contributed by atoms with Crippen molar-refractivity contribution in [1.29, 1.82) is 0 Å².